The van der Waals surface area contributed by atoms with Crippen molar-refractivity contribution in [2.45, 2.75) is 37.7 Å². The van der Waals surface area contributed by atoms with Crippen LogP contribution in [0.4, 0.5) is 0 Å². The molecular formula is C28H25O3S+. The van der Waals surface area contributed by atoms with Gasteiger partial charge in [0.05, 0.1) is 0 Å². The molecule has 1 aliphatic rings. The molecule has 3 nitrogen and oxygen atoms in total. The largest absolute Gasteiger partial charge is 0.482 e. The summed E-state index contributed by atoms with van der Waals surface area (Å²) in [6.07, 6.45) is 10.3. The van der Waals surface area contributed by atoms with E-state index in [1.807, 2.05) is 12.1 Å². The molecule has 5 rings (SSSR count). The van der Waals surface area contributed by atoms with Crippen LogP contribution in [-0.4, -0.2) is 18.2 Å². The Hall–Kier alpha value is -3.29. The number of hydrogen-bond donors (Lipinski definition) is 0. The lowest BCUT2D eigenvalue weighted by Gasteiger charge is -2.31. The number of benzene rings is 3. The zero-order valence-electron chi connectivity index (χ0n) is 17.9. The lowest BCUT2D eigenvalue weighted by Crippen LogP contribution is -2.37. The fourth-order valence-corrected chi connectivity index (χ4v) is 6.95. The van der Waals surface area contributed by atoms with Gasteiger partial charge in [0.1, 0.15) is 5.75 Å². The number of hydrogen-bond acceptors (Lipinski definition) is 3. The molecule has 0 N–H and O–H groups in total. The third-order valence-corrected chi connectivity index (χ3v) is 8.49. The smallest absolute Gasteiger partial charge is 0.345 e. The van der Waals surface area contributed by atoms with E-state index in [1.54, 1.807) is 0 Å². The van der Waals surface area contributed by atoms with Gasteiger partial charge in [-0.2, -0.15) is 0 Å². The van der Waals surface area contributed by atoms with Crippen molar-refractivity contribution in [2.24, 2.45) is 0 Å². The lowest BCUT2D eigenvalue weighted by molar-refractivity contribution is -0.159. The van der Waals surface area contributed by atoms with Crippen molar-refractivity contribution in [1.29, 1.82) is 0 Å². The van der Waals surface area contributed by atoms with E-state index in [-0.39, 0.29) is 17.1 Å². The van der Waals surface area contributed by atoms with Gasteiger partial charge >= 0.3 is 5.97 Å². The van der Waals surface area contributed by atoms with Crippen molar-refractivity contribution < 1.29 is 14.3 Å². The third-order valence-electron chi connectivity index (χ3n) is 6.15. The quantitative estimate of drug-likeness (QED) is 0.190. The summed E-state index contributed by atoms with van der Waals surface area (Å²) in [5, 5.41) is 2.61. The number of thiophene rings is 1. The van der Waals surface area contributed by atoms with Crippen molar-refractivity contribution >= 4 is 36.6 Å². The predicted octanol–water partition coefficient (Wildman–Crippen LogP) is 6.99. The number of rotatable bonds is 5. The van der Waals surface area contributed by atoms with Gasteiger partial charge in [-0.25, -0.2) is 4.79 Å². The average Bonchev–Trinajstić information content (AvgIpc) is 3.18. The molecule has 1 aliphatic carbocycles. The molecule has 32 heavy (non-hydrogen) atoms. The summed E-state index contributed by atoms with van der Waals surface area (Å²) < 4.78 is 14.0. The number of terminal acetylenes is 1. The molecule has 1 heterocycles. The molecule has 4 aromatic rings. The Morgan fingerprint density at radius 2 is 1.47 bits per heavy atom. The molecule has 3 aromatic carbocycles. The Labute approximate surface area is 190 Å². The molecule has 1 fully saturated rings. The zero-order chi connectivity index (χ0) is 22.0. The van der Waals surface area contributed by atoms with Gasteiger partial charge in [-0.05, 0) is 62.1 Å². The van der Waals surface area contributed by atoms with E-state index < -0.39 is 11.6 Å². The average molecular weight is 442 g/mol. The van der Waals surface area contributed by atoms with Crippen LogP contribution in [0.25, 0.3) is 25.1 Å². The van der Waals surface area contributed by atoms with E-state index in [0.29, 0.717) is 5.75 Å². The highest BCUT2D eigenvalue weighted by Crippen LogP contribution is 2.48. The molecule has 0 amide bonds. The molecule has 4 heteroatoms. The number of ether oxygens (including phenoxy) is 2. The van der Waals surface area contributed by atoms with Gasteiger partial charge in [0.2, 0.25) is 0 Å². The normalized spacial score (nSPS) is 15.3. The van der Waals surface area contributed by atoms with Gasteiger partial charge in [0, 0.05) is 33.4 Å². The Morgan fingerprint density at radius 1 is 0.875 bits per heavy atom. The summed E-state index contributed by atoms with van der Waals surface area (Å²) in [7, 11) is -0.143. The van der Waals surface area contributed by atoms with Crippen molar-refractivity contribution in [1.82, 2.24) is 0 Å². The molecule has 1 aromatic heterocycles. The van der Waals surface area contributed by atoms with Crippen LogP contribution in [0.15, 0.2) is 72.8 Å². The van der Waals surface area contributed by atoms with Gasteiger partial charge < -0.3 is 9.47 Å². The van der Waals surface area contributed by atoms with E-state index in [2.05, 4.69) is 66.6 Å². The number of carbonyl (C=O) groups excluding carboxylic acids is 1. The van der Waals surface area contributed by atoms with Crippen LogP contribution in [0, 0.1) is 12.3 Å². The van der Waals surface area contributed by atoms with Gasteiger partial charge in [-0.1, -0.05) is 36.6 Å². The van der Waals surface area contributed by atoms with Crippen molar-refractivity contribution in [3.63, 3.8) is 0 Å². The maximum absolute atomic E-state index is 12.4. The molecule has 0 saturated heterocycles. The summed E-state index contributed by atoms with van der Waals surface area (Å²) in [5.41, 5.74) is -0.757. The minimum absolute atomic E-state index is 0.139. The molecule has 0 aliphatic heterocycles. The molecular weight excluding hydrogens is 416 g/mol. The van der Waals surface area contributed by atoms with Crippen LogP contribution in [0.2, 0.25) is 0 Å². The monoisotopic (exact) mass is 441 g/mol. The second-order valence-electron chi connectivity index (χ2n) is 8.23. The molecule has 0 radical (unpaired) electrons. The maximum Gasteiger partial charge on any atom is 0.345 e. The summed E-state index contributed by atoms with van der Waals surface area (Å²) in [5.74, 6) is 2.94. The van der Waals surface area contributed by atoms with Crippen LogP contribution in [0.1, 0.15) is 32.1 Å². The van der Waals surface area contributed by atoms with Gasteiger partial charge in [-0.15, -0.1) is 6.42 Å². The van der Waals surface area contributed by atoms with Crippen LogP contribution in [0.3, 0.4) is 0 Å². The van der Waals surface area contributed by atoms with E-state index in [4.69, 9.17) is 15.9 Å². The maximum atomic E-state index is 12.4. The van der Waals surface area contributed by atoms with E-state index >= 15 is 0 Å². The number of carbonyl (C=O) groups is 1. The molecule has 1 saturated carbocycles. The van der Waals surface area contributed by atoms with Crippen LogP contribution in [-0.2, 0) is 9.53 Å². The summed E-state index contributed by atoms with van der Waals surface area (Å²) in [4.78, 5) is 13.6. The minimum atomic E-state index is -0.757. The topological polar surface area (TPSA) is 35.5 Å². The second-order valence-corrected chi connectivity index (χ2v) is 10.2. The Balaban J connectivity index is 1.33. The van der Waals surface area contributed by atoms with Crippen molar-refractivity contribution in [3.8, 4) is 23.0 Å². The van der Waals surface area contributed by atoms with Crippen LogP contribution in [0.5, 0.6) is 5.75 Å². The molecule has 160 valence electrons. The predicted molar refractivity (Wildman–Crippen MR) is 132 cm³/mol. The molecule has 0 spiro atoms. The molecule has 0 atom stereocenters. The van der Waals surface area contributed by atoms with Crippen molar-refractivity contribution in [2.75, 3.05) is 6.61 Å². The second kappa shape index (κ2) is 8.68. The standard InChI is InChI=1S/C28H25O3S/c1-2-28(18-8-3-9-19-28)31-27(29)20-30-21-14-16-22(17-15-21)32-25-12-6-4-10-23(25)24-11-5-7-13-26(24)32/h1,4-7,10-17H,3,8-9,18-20H2/q+1. The van der Waals surface area contributed by atoms with Gasteiger partial charge in [0.25, 0.3) is 0 Å². The Kier molecular flexibility index (Phi) is 5.59. The van der Waals surface area contributed by atoms with Crippen LogP contribution < -0.4 is 4.74 Å². The first-order chi connectivity index (χ1) is 15.7. The zero-order valence-corrected chi connectivity index (χ0v) is 18.7. The number of esters is 1. The highest BCUT2D eigenvalue weighted by molar-refractivity contribution is 7.50. The summed E-state index contributed by atoms with van der Waals surface area (Å²) >= 11 is 0. The van der Waals surface area contributed by atoms with E-state index in [1.165, 1.54) is 25.1 Å². The summed E-state index contributed by atoms with van der Waals surface area (Å²) in [6, 6.07) is 25.2. The highest BCUT2D eigenvalue weighted by Gasteiger charge is 2.34. The SMILES string of the molecule is C#CC1(OC(=O)COc2ccc(-[s+]3c4ccccc4c4ccccc43)cc2)CCCCC1. The molecule has 0 bridgehead atoms. The van der Waals surface area contributed by atoms with Gasteiger partial charge in [0.15, 0.2) is 26.5 Å². The highest BCUT2D eigenvalue weighted by atomic mass is 32.2. The van der Waals surface area contributed by atoms with Crippen LogP contribution >= 0.6 is 10.5 Å². The number of fused-ring (bicyclic) bond motifs is 3. The first kappa shape index (κ1) is 20.6. The minimum Gasteiger partial charge on any atom is -0.482 e. The molecule has 0 unspecified atom stereocenters. The lowest BCUT2D eigenvalue weighted by atomic mass is 9.85. The Bertz CT molecular complexity index is 1250. The Morgan fingerprint density at radius 3 is 2.06 bits per heavy atom. The first-order valence-electron chi connectivity index (χ1n) is 11.0. The van der Waals surface area contributed by atoms with E-state index in [0.717, 1.165) is 32.1 Å². The van der Waals surface area contributed by atoms with Gasteiger partial charge in [-0.3, -0.25) is 0 Å². The summed E-state index contributed by atoms with van der Waals surface area (Å²) in [6.45, 7) is -0.139. The van der Waals surface area contributed by atoms with E-state index in [9.17, 15) is 4.79 Å². The fraction of sp³-hybridized carbons (Fsp3) is 0.250. The first-order valence-corrected chi connectivity index (χ1v) is 12.3. The van der Waals surface area contributed by atoms with Crippen molar-refractivity contribution in [3.05, 3.63) is 72.8 Å². The third kappa shape index (κ3) is 3.85. The fourth-order valence-electron chi connectivity index (χ4n) is 4.57.